The molecule has 0 bridgehead atoms. The van der Waals surface area contributed by atoms with Crippen LogP contribution in [-0.2, 0) is 0 Å². The summed E-state index contributed by atoms with van der Waals surface area (Å²) < 4.78 is 0. The molecule has 2 atom stereocenters. The van der Waals surface area contributed by atoms with Gasteiger partial charge in [-0.1, -0.05) is 19.8 Å². The molecule has 1 saturated carbocycles. The number of hydrogen-bond acceptors (Lipinski definition) is 2. The molecule has 2 heteroatoms. The summed E-state index contributed by atoms with van der Waals surface area (Å²) in [6.07, 6.45) is 7.06. The van der Waals surface area contributed by atoms with Crippen molar-refractivity contribution in [2.45, 2.75) is 45.1 Å². The molecular weight excluding hydrogens is 172 g/mol. The van der Waals surface area contributed by atoms with Gasteiger partial charge in [0.2, 0.25) is 0 Å². The second-order valence-electron chi connectivity index (χ2n) is 5.47. The molecule has 2 unspecified atom stereocenters. The fraction of sp³-hybridized carbons (Fsp3) is 1.00. The predicted octanol–water partition coefficient (Wildman–Crippen LogP) is 1.85. The van der Waals surface area contributed by atoms with Crippen LogP contribution in [0.15, 0.2) is 0 Å². The Morgan fingerprint density at radius 2 is 1.93 bits per heavy atom. The van der Waals surface area contributed by atoms with Gasteiger partial charge in [-0.25, -0.2) is 0 Å². The fourth-order valence-corrected chi connectivity index (χ4v) is 3.22. The van der Waals surface area contributed by atoms with Crippen LogP contribution < -0.4 is 5.73 Å². The van der Waals surface area contributed by atoms with E-state index in [1.807, 2.05) is 0 Å². The van der Waals surface area contributed by atoms with E-state index in [4.69, 9.17) is 5.73 Å². The zero-order valence-corrected chi connectivity index (χ0v) is 9.41. The smallest absolute Gasteiger partial charge is 0.0170 e. The molecule has 0 aromatic heterocycles. The van der Waals surface area contributed by atoms with Crippen molar-refractivity contribution in [1.82, 2.24) is 4.90 Å². The highest BCUT2D eigenvalue weighted by Gasteiger charge is 2.25. The van der Waals surface area contributed by atoms with Crippen molar-refractivity contribution in [2.75, 3.05) is 19.6 Å². The molecule has 2 N–H and O–H groups in total. The highest BCUT2D eigenvalue weighted by atomic mass is 15.1. The van der Waals surface area contributed by atoms with Crippen molar-refractivity contribution in [2.24, 2.45) is 17.6 Å². The Morgan fingerprint density at radius 3 is 2.57 bits per heavy atom. The van der Waals surface area contributed by atoms with Crippen molar-refractivity contribution >= 4 is 0 Å². The maximum Gasteiger partial charge on any atom is 0.0170 e. The third kappa shape index (κ3) is 2.71. The molecule has 0 amide bonds. The minimum atomic E-state index is 0.431. The molecule has 2 nitrogen and oxygen atoms in total. The maximum absolute atomic E-state index is 6.05. The average Bonchev–Trinajstić information content (AvgIpc) is 2.54. The van der Waals surface area contributed by atoms with Crippen LogP contribution in [0.1, 0.15) is 39.0 Å². The van der Waals surface area contributed by atoms with Crippen LogP contribution in [0.4, 0.5) is 0 Å². The number of nitrogens with zero attached hydrogens (tertiary/aromatic N) is 1. The fourth-order valence-electron chi connectivity index (χ4n) is 3.22. The van der Waals surface area contributed by atoms with Gasteiger partial charge in [0.1, 0.15) is 0 Å². The van der Waals surface area contributed by atoms with E-state index in [1.54, 1.807) is 0 Å². The van der Waals surface area contributed by atoms with E-state index >= 15 is 0 Å². The molecule has 0 spiro atoms. The van der Waals surface area contributed by atoms with Crippen molar-refractivity contribution in [3.63, 3.8) is 0 Å². The van der Waals surface area contributed by atoms with Crippen molar-refractivity contribution in [3.05, 3.63) is 0 Å². The summed E-state index contributed by atoms with van der Waals surface area (Å²) >= 11 is 0. The molecule has 0 aromatic rings. The van der Waals surface area contributed by atoms with Crippen LogP contribution in [0, 0.1) is 11.8 Å². The van der Waals surface area contributed by atoms with Crippen LogP contribution in [0.3, 0.4) is 0 Å². The zero-order chi connectivity index (χ0) is 9.97. The maximum atomic E-state index is 6.05. The van der Waals surface area contributed by atoms with Gasteiger partial charge in [0.25, 0.3) is 0 Å². The molecular formula is C12H24N2. The lowest BCUT2D eigenvalue weighted by Gasteiger charge is -2.36. The van der Waals surface area contributed by atoms with E-state index in [9.17, 15) is 0 Å². The van der Waals surface area contributed by atoms with Gasteiger partial charge < -0.3 is 10.6 Å². The lowest BCUT2D eigenvalue weighted by atomic mass is 9.95. The summed E-state index contributed by atoms with van der Waals surface area (Å²) in [6, 6.07) is 0.431. The minimum Gasteiger partial charge on any atom is -0.327 e. The molecule has 2 rings (SSSR count). The van der Waals surface area contributed by atoms with E-state index in [2.05, 4.69) is 11.8 Å². The molecule has 1 saturated heterocycles. The van der Waals surface area contributed by atoms with Crippen LogP contribution in [0.2, 0.25) is 0 Å². The molecule has 1 heterocycles. The van der Waals surface area contributed by atoms with Crippen molar-refractivity contribution < 1.29 is 0 Å². The first-order valence-corrected chi connectivity index (χ1v) is 6.22. The van der Waals surface area contributed by atoms with E-state index in [0.717, 1.165) is 18.4 Å². The Morgan fingerprint density at radius 1 is 1.21 bits per heavy atom. The van der Waals surface area contributed by atoms with Gasteiger partial charge in [-0.2, -0.15) is 0 Å². The van der Waals surface area contributed by atoms with Crippen LogP contribution in [0.25, 0.3) is 0 Å². The van der Waals surface area contributed by atoms with Crippen LogP contribution >= 0.6 is 0 Å². The Bertz CT molecular complexity index is 165. The van der Waals surface area contributed by atoms with E-state index in [1.165, 1.54) is 45.2 Å². The topological polar surface area (TPSA) is 29.3 Å². The third-order valence-electron chi connectivity index (χ3n) is 3.76. The lowest BCUT2D eigenvalue weighted by molar-refractivity contribution is 0.144. The first-order chi connectivity index (χ1) is 6.74. The molecule has 1 aliphatic carbocycles. The summed E-state index contributed by atoms with van der Waals surface area (Å²) in [7, 11) is 0. The molecule has 2 fully saturated rings. The van der Waals surface area contributed by atoms with Gasteiger partial charge in [0.05, 0.1) is 0 Å². The predicted molar refractivity (Wildman–Crippen MR) is 60.2 cm³/mol. The Labute approximate surface area is 87.8 Å². The summed E-state index contributed by atoms with van der Waals surface area (Å²) in [6.45, 7) is 6.07. The quantitative estimate of drug-likeness (QED) is 0.730. The molecule has 0 radical (unpaired) electrons. The second-order valence-corrected chi connectivity index (χ2v) is 5.47. The van der Waals surface area contributed by atoms with E-state index in [-0.39, 0.29) is 0 Å². The first-order valence-electron chi connectivity index (χ1n) is 6.22. The SMILES string of the molecule is CC1CC(N)CN(CC2CCCC2)C1. The Balaban J connectivity index is 1.78. The van der Waals surface area contributed by atoms with E-state index in [0.29, 0.717) is 6.04 Å². The average molecular weight is 196 g/mol. The molecule has 0 aromatic carbocycles. The van der Waals surface area contributed by atoms with Crippen LogP contribution in [-0.4, -0.2) is 30.6 Å². The molecule has 1 aliphatic heterocycles. The number of nitrogens with two attached hydrogens (primary N) is 1. The number of piperidine rings is 1. The zero-order valence-electron chi connectivity index (χ0n) is 9.41. The van der Waals surface area contributed by atoms with E-state index < -0.39 is 0 Å². The van der Waals surface area contributed by atoms with Gasteiger partial charge in [-0.05, 0) is 31.1 Å². The summed E-state index contributed by atoms with van der Waals surface area (Å²) in [5, 5.41) is 0. The van der Waals surface area contributed by atoms with Gasteiger partial charge in [0.15, 0.2) is 0 Å². The molecule has 2 aliphatic rings. The lowest BCUT2D eigenvalue weighted by Crippen LogP contribution is -2.47. The number of hydrogen-bond donors (Lipinski definition) is 1. The highest BCUT2D eigenvalue weighted by molar-refractivity contribution is 4.81. The van der Waals surface area contributed by atoms with Gasteiger partial charge in [-0.15, -0.1) is 0 Å². The molecule has 82 valence electrons. The first kappa shape index (κ1) is 10.4. The Kier molecular flexibility index (Phi) is 3.45. The van der Waals surface area contributed by atoms with Crippen molar-refractivity contribution in [3.8, 4) is 0 Å². The van der Waals surface area contributed by atoms with Crippen LogP contribution in [0.5, 0.6) is 0 Å². The van der Waals surface area contributed by atoms with Gasteiger partial charge in [0, 0.05) is 25.7 Å². The summed E-state index contributed by atoms with van der Waals surface area (Å²) in [5.41, 5.74) is 6.05. The van der Waals surface area contributed by atoms with Gasteiger partial charge >= 0.3 is 0 Å². The number of likely N-dealkylation sites (tertiary alicyclic amines) is 1. The van der Waals surface area contributed by atoms with Gasteiger partial charge in [-0.3, -0.25) is 0 Å². The third-order valence-corrected chi connectivity index (χ3v) is 3.76. The second kappa shape index (κ2) is 4.63. The minimum absolute atomic E-state index is 0.431. The van der Waals surface area contributed by atoms with Crippen molar-refractivity contribution in [1.29, 1.82) is 0 Å². The Hall–Kier alpha value is -0.0800. The standard InChI is InChI=1S/C12H24N2/c1-10-6-12(13)9-14(7-10)8-11-4-2-3-5-11/h10-12H,2-9,13H2,1H3. The monoisotopic (exact) mass is 196 g/mol. The largest absolute Gasteiger partial charge is 0.327 e. The normalized spacial score (nSPS) is 36.4. The molecule has 14 heavy (non-hydrogen) atoms. The number of rotatable bonds is 2. The highest BCUT2D eigenvalue weighted by Crippen LogP contribution is 2.27. The summed E-state index contributed by atoms with van der Waals surface area (Å²) in [4.78, 5) is 2.61. The summed E-state index contributed by atoms with van der Waals surface area (Å²) in [5.74, 6) is 1.78.